The summed E-state index contributed by atoms with van der Waals surface area (Å²) in [4.78, 5) is 0. The van der Waals surface area contributed by atoms with E-state index in [0.717, 1.165) is 12.8 Å². The summed E-state index contributed by atoms with van der Waals surface area (Å²) in [5.74, 6) is 1.30. The third-order valence-electron chi connectivity index (χ3n) is 7.89. The molecule has 0 aliphatic heterocycles. The normalized spacial score (nSPS) is 12.8. The van der Waals surface area contributed by atoms with Crippen LogP contribution in [0.25, 0.3) is 0 Å². The molecule has 0 N–H and O–H groups in total. The van der Waals surface area contributed by atoms with Gasteiger partial charge in [-0.2, -0.15) is 5.26 Å². The molecule has 4 aromatic carbocycles. The maximum absolute atomic E-state index is 9.64. The van der Waals surface area contributed by atoms with Crippen LogP contribution in [0.1, 0.15) is 86.0 Å². The predicted molar refractivity (Wildman–Crippen MR) is 160 cm³/mol. The number of hydrogen-bond donors (Lipinski definition) is 0. The van der Waals surface area contributed by atoms with Gasteiger partial charge in [0.05, 0.1) is 6.07 Å². The fourth-order valence-corrected chi connectivity index (χ4v) is 5.99. The van der Waals surface area contributed by atoms with Crippen molar-refractivity contribution in [1.82, 2.24) is 0 Å². The molecule has 0 aliphatic carbocycles. The van der Waals surface area contributed by atoms with E-state index in [4.69, 9.17) is 0 Å². The lowest BCUT2D eigenvalue weighted by atomic mass is 9.74. The standard InChI is InChI=1S/C37H41N/c1-30(29-38)28-35(37(33-22-13-6-14-23-33)34-24-15-7-16-25-34)26-8-2-3-17-27-36(31-18-9-4-10-19-31)32-20-11-5-12-21-32/h4-7,9-16,18-25,30,35-37H,2-3,8,17,26-28H2,1H3. The summed E-state index contributed by atoms with van der Waals surface area (Å²) in [5, 5.41) is 9.64. The van der Waals surface area contributed by atoms with E-state index in [1.807, 2.05) is 0 Å². The molecule has 1 nitrogen and oxygen atoms in total. The van der Waals surface area contributed by atoms with Crippen LogP contribution in [0.3, 0.4) is 0 Å². The van der Waals surface area contributed by atoms with Crippen LogP contribution in [-0.2, 0) is 0 Å². The molecular weight excluding hydrogens is 458 g/mol. The fourth-order valence-electron chi connectivity index (χ4n) is 5.99. The molecule has 0 heterocycles. The summed E-state index contributed by atoms with van der Waals surface area (Å²) in [6.07, 6.45) is 8.20. The van der Waals surface area contributed by atoms with Gasteiger partial charge in [0.1, 0.15) is 0 Å². The Hall–Kier alpha value is -3.63. The van der Waals surface area contributed by atoms with Crippen molar-refractivity contribution >= 4 is 0 Å². The summed E-state index contributed by atoms with van der Waals surface area (Å²) >= 11 is 0. The monoisotopic (exact) mass is 499 g/mol. The third kappa shape index (κ3) is 7.93. The van der Waals surface area contributed by atoms with Gasteiger partial charge < -0.3 is 0 Å². The van der Waals surface area contributed by atoms with Gasteiger partial charge in [0.15, 0.2) is 0 Å². The van der Waals surface area contributed by atoms with Crippen molar-refractivity contribution < 1.29 is 0 Å². The van der Waals surface area contributed by atoms with Gasteiger partial charge in [0.2, 0.25) is 0 Å². The Labute approximate surface area is 230 Å². The van der Waals surface area contributed by atoms with E-state index in [1.165, 1.54) is 54.4 Å². The second-order valence-electron chi connectivity index (χ2n) is 10.7. The van der Waals surface area contributed by atoms with Gasteiger partial charge in [-0.25, -0.2) is 0 Å². The van der Waals surface area contributed by atoms with E-state index in [2.05, 4.69) is 134 Å². The first-order valence-electron chi connectivity index (χ1n) is 14.4. The average molecular weight is 500 g/mol. The molecule has 0 saturated carbocycles. The quantitative estimate of drug-likeness (QED) is 0.158. The van der Waals surface area contributed by atoms with Crippen molar-refractivity contribution in [3.05, 3.63) is 144 Å². The highest BCUT2D eigenvalue weighted by atomic mass is 14.3. The summed E-state index contributed by atoms with van der Waals surface area (Å²) in [7, 11) is 0. The molecule has 0 aromatic heterocycles. The van der Waals surface area contributed by atoms with Gasteiger partial charge in [-0.15, -0.1) is 0 Å². The Morgan fingerprint density at radius 1 is 0.526 bits per heavy atom. The predicted octanol–water partition coefficient (Wildman–Crippen LogP) is 10.2. The van der Waals surface area contributed by atoms with Crippen molar-refractivity contribution in [3.63, 3.8) is 0 Å². The van der Waals surface area contributed by atoms with E-state index in [-0.39, 0.29) is 5.92 Å². The Balaban J connectivity index is 1.38. The minimum Gasteiger partial charge on any atom is -0.198 e. The SMILES string of the molecule is CC(C#N)CC(CCCCCCC(c1ccccc1)c1ccccc1)C(c1ccccc1)c1ccccc1. The molecule has 1 heteroatoms. The van der Waals surface area contributed by atoms with Gasteiger partial charge >= 0.3 is 0 Å². The molecule has 4 rings (SSSR count). The number of unbranched alkanes of at least 4 members (excludes halogenated alkanes) is 3. The van der Waals surface area contributed by atoms with Crippen LogP contribution >= 0.6 is 0 Å². The minimum atomic E-state index is 0.0624. The molecule has 0 radical (unpaired) electrons. The molecule has 194 valence electrons. The summed E-state index contributed by atoms with van der Waals surface area (Å²) in [5.41, 5.74) is 5.56. The smallest absolute Gasteiger partial charge is 0.0652 e. The molecule has 0 amide bonds. The van der Waals surface area contributed by atoms with E-state index in [1.54, 1.807) is 0 Å². The first-order valence-corrected chi connectivity index (χ1v) is 14.4. The number of nitriles is 1. The zero-order valence-corrected chi connectivity index (χ0v) is 22.8. The first kappa shape index (κ1) is 27.4. The van der Waals surface area contributed by atoms with Crippen LogP contribution < -0.4 is 0 Å². The van der Waals surface area contributed by atoms with Gasteiger partial charge in [-0.1, -0.05) is 147 Å². The van der Waals surface area contributed by atoms with Crippen LogP contribution in [0.2, 0.25) is 0 Å². The molecule has 4 aromatic rings. The Morgan fingerprint density at radius 3 is 1.34 bits per heavy atom. The fraction of sp³-hybridized carbons (Fsp3) is 0.324. The van der Waals surface area contributed by atoms with Gasteiger partial charge in [-0.3, -0.25) is 0 Å². The topological polar surface area (TPSA) is 23.8 Å². The average Bonchev–Trinajstić information content (AvgIpc) is 2.98. The van der Waals surface area contributed by atoms with Gasteiger partial charge in [-0.05, 0) is 54.4 Å². The number of nitrogens with zero attached hydrogens (tertiary/aromatic N) is 1. The van der Waals surface area contributed by atoms with Crippen molar-refractivity contribution in [1.29, 1.82) is 5.26 Å². The second kappa shape index (κ2) is 14.9. The summed E-state index contributed by atoms with van der Waals surface area (Å²) in [6.45, 7) is 2.08. The van der Waals surface area contributed by atoms with Crippen LogP contribution in [-0.4, -0.2) is 0 Å². The van der Waals surface area contributed by atoms with E-state index >= 15 is 0 Å². The van der Waals surface area contributed by atoms with Crippen LogP contribution in [0.15, 0.2) is 121 Å². The highest BCUT2D eigenvalue weighted by molar-refractivity contribution is 5.34. The first-order chi connectivity index (χ1) is 18.8. The Bertz CT molecular complexity index is 1130. The number of hydrogen-bond acceptors (Lipinski definition) is 1. The van der Waals surface area contributed by atoms with Crippen molar-refractivity contribution in [3.8, 4) is 6.07 Å². The van der Waals surface area contributed by atoms with E-state index in [9.17, 15) is 5.26 Å². The zero-order valence-electron chi connectivity index (χ0n) is 22.8. The highest BCUT2D eigenvalue weighted by Gasteiger charge is 2.26. The molecule has 38 heavy (non-hydrogen) atoms. The molecule has 2 atom stereocenters. The molecule has 0 bridgehead atoms. The van der Waals surface area contributed by atoms with Crippen LogP contribution in [0, 0.1) is 23.2 Å². The summed E-state index contributed by atoms with van der Waals surface area (Å²) in [6, 6.07) is 46.2. The lowest BCUT2D eigenvalue weighted by Gasteiger charge is -2.29. The van der Waals surface area contributed by atoms with Crippen LogP contribution in [0.5, 0.6) is 0 Å². The number of rotatable bonds is 14. The minimum absolute atomic E-state index is 0.0624. The van der Waals surface area contributed by atoms with Gasteiger partial charge in [0, 0.05) is 17.8 Å². The van der Waals surface area contributed by atoms with Crippen molar-refractivity contribution in [2.75, 3.05) is 0 Å². The highest BCUT2D eigenvalue weighted by Crippen LogP contribution is 2.39. The second-order valence-corrected chi connectivity index (χ2v) is 10.7. The molecule has 0 saturated heterocycles. The van der Waals surface area contributed by atoms with Crippen LogP contribution in [0.4, 0.5) is 0 Å². The molecule has 0 fully saturated rings. The number of benzene rings is 4. The Kier molecular flexibility index (Phi) is 10.8. The van der Waals surface area contributed by atoms with Gasteiger partial charge in [0.25, 0.3) is 0 Å². The maximum atomic E-state index is 9.64. The van der Waals surface area contributed by atoms with E-state index in [0.29, 0.717) is 17.8 Å². The third-order valence-corrected chi connectivity index (χ3v) is 7.89. The lowest BCUT2D eigenvalue weighted by Crippen LogP contribution is -2.17. The molecule has 0 spiro atoms. The maximum Gasteiger partial charge on any atom is 0.0652 e. The Morgan fingerprint density at radius 2 is 0.921 bits per heavy atom. The van der Waals surface area contributed by atoms with E-state index < -0.39 is 0 Å². The molecule has 2 unspecified atom stereocenters. The van der Waals surface area contributed by atoms with Crippen molar-refractivity contribution in [2.45, 2.75) is 63.7 Å². The van der Waals surface area contributed by atoms with Crippen molar-refractivity contribution in [2.24, 2.45) is 11.8 Å². The lowest BCUT2D eigenvalue weighted by molar-refractivity contribution is 0.355. The molecular formula is C37H41N. The largest absolute Gasteiger partial charge is 0.198 e. The summed E-state index contributed by atoms with van der Waals surface area (Å²) < 4.78 is 0. The zero-order chi connectivity index (χ0) is 26.4. The molecule has 0 aliphatic rings.